The number of sulfone groups is 1. The summed E-state index contributed by atoms with van der Waals surface area (Å²) in [6, 6.07) is 4.27. The number of rotatable bonds is 18. The molecule has 5 N–H and O–H groups in total. The molecule has 1 aromatic heterocycles. The van der Waals surface area contributed by atoms with Crippen LogP contribution in [0.25, 0.3) is 0 Å². The van der Waals surface area contributed by atoms with Gasteiger partial charge in [-0.1, -0.05) is 38.1 Å². The van der Waals surface area contributed by atoms with E-state index in [-0.39, 0.29) is 48.7 Å². The Bertz CT molecular complexity index is 2210. The minimum Gasteiger partial charge on any atom is -0.459 e. The Balaban J connectivity index is 1.41. The van der Waals surface area contributed by atoms with Gasteiger partial charge >= 0.3 is 5.97 Å². The molecule has 3 fully saturated rings. The van der Waals surface area contributed by atoms with Crippen molar-refractivity contribution in [3.05, 3.63) is 41.7 Å². The monoisotopic (exact) mass is 1090 g/mol. The van der Waals surface area contributed by atoms with Crippen molar-refractivity contribution in [1.29, 1.82) is 0 Å². The summed E-state index contributed by atoms with van der Waals surface area (Å²) < 4.78 is 91.8. The molecule has 0 aliphatic carbocycles. The molecule has 5 rings (SSSR count). The van der Waals surface area contributed by atoms with E-state index in [4.69, 9.17) is 28.4 Å². The van der Waals surface area contributed by atoms with E-state index in [0.717, 1.165) is 0 Å². The van der Waals surface area contributed by atoms with Crippen LogP contribution in [0, 0.1) is 17.8 Å². The van der Waals surface area contributed by atoms with Gasteiger partial charge in [0.2, 0.25) is 0 Å². The Morgan fingerprint density at radius 2 is 1.64 bits per heavy atom. The number of carbonyl (C=O) groups is 1. The van der Waals surface area contributed by atoms with Gasteiger partial charge in [-0.2, -0.15) is 0 Å². The second-order valence-electron chi connectivity index (χ2n) is 22.6. The van der Waals surface area contributed by atoms with Gasteiger partial charge in [0, 0.05) is 57.2 Å². The van der Waals surface area contributed by atoms with E-state index in [1.807, 2.05) is 37.7 Å². The third-order valence-corrected chi connectivity index (χ3v) is 18.1. The fourth-order valence-electron chi connectivity index (χ4n) is 11.4. The zero-order chi connectivity index (χ0) is 56.0. The number of halogens is 2. The number of aromatic nitrogens is 3. The maximum absolute atomic E-state index is 14.5. The number of esters is 1. The number of alkyl halides is 2. The van der Waals surface area contributed by atoms with Crippen LogP contribution < -0.4 is 0 Å². The summed E-state index contributed by atoms with van der Waals surface area (Å²) in [7, 11) is 1.51. The van der Waals surface area contributed by atoms with Crippen molar-refractivity contribution in [2.45, 2.75) is 215 Å². The quantitative estimate of drug-likeness (QED) is 0.133. The lowest BCUT2D eigenvalue weighted by Crippen LogP contribution is -2.61. The molecule has 19 nitrogen and oxygen atoms in total. The molecule has 0 radical (unpaired) electrons. The highest BCUT2D eigenvalue weighted by Crippen LogP contribution is 2.40. The number of cyclic esters (lactones) is 1. The minimum absolute atomic E-state index is 0.0691. The van der Waals surface area contributed by atoms with Gasteiger partial charge in [-0.05, 0) is 118 Å². The molecule has 75 heavy (non-hydrogen) atoms. The molecule has 1 aromatic carbocycles. The summed E-state index contributed by atoms with van der Waals surface area (Å²) in [5.41, 5.74) is -3.38. The molecule has 19 atom stereocenters. The fraction of sp³-hybridized carbons (Fsp3) is 0.830. The Morgan fingerprint density at radius 3 is 2.25 bits per heavy atom. The summed E-state index contributed by atoms with van der Waals surface area (Å²) in [5.74, 6) is -3.25. The van der Waals surface area contributed by atoms with Crippen LogP contribution in [0.4, 0.5) is 8.78 Å². The number of likely N-dealkylation sites (N-methyl/N-ethyl adjacent to an activating group) is 2. The molecule has 3 aliphatic rings. The van der Waals surface area contributed by atoms with Crippen molar-refractivity contribution in [3.63, 3.8) is 0 Å². The van der Waals surface area contributed by atoms with Crippen LogP contribution in [-0.2, 0) is 55.9 Å². The molecule has 3 saturated heterocycles. The van der Waals surface area contributed by atoms with Crippen LogP contribution in [0.15, 0.2) is 35.4 Å². The summed E-state index contributed by atoms with van der Waals surface area (Å²) in [5, 5.41) is 68.2. The molecule has 3 aliphatic heterocycles. The average Bonchev–Trinajstić information content (AvgIpc) is 3.84. The van der Waals surface area contributed by atoms with Crippen LogP contribution in [-0.4, -0.2) is 208 Å². The van der Waals surface area contributed by atoms with Gasteiger partial charge in [0.15, 0.2) is 22.4 Å². The predicted molar refractivity (Wildman–Crippen MR) is 275 cm³/mol. The highest BCUT2D eigenvalue weighted by molar-refractivity contribution is 7.91. The van der Waals surface area contributed by atoms with E-state index < -0.39 is 137 Å². The standard InChI is InChI=1S/C53H89F2N5O14S/c1-14-42-53(10,66)46(62)35(6)59(12)29-31(2)26-51(8,65)48(33(4)45(34(5)49(64)72-42)73-43-27-52(9,69-13)47(63)36(7)71-43)74-50-44(61)41(24-32(3)70-50)58(11)22-20-38-30-60(57-56-38)39(28-55)25-37-16-18-40(19-17-37)75(67,68)23-15-21-54/h16-19,30-36,39,41-48,50,61-63,65-66H,14-15,20-29H2,1-13H3/t31-,32-,33+,34-,35-,36+,39+,41+,42-,43+,44-,45+,46-,47+,48-,50+,51-,52-,53-/m1/s1. The summed E-state index contributed by atoms with van der Waals surface area (Å²) >= 11 is 0. The van der Waals surface area contributed by atoms with Gasteiger partial charge in [-0.3, -0.25) is 9.18 Å². The lowest BCUT2D eigenvalue weighted by Gasteiger charge is -2.49. The first kappa shape index (κ1) is 63.0. The maximum Gasteiger partial charge on any atom is 0.311 e. The third-order valence-electron chi connectivity index (χ3n) is 16.2. The van der Waals surface area contributed by atoms with Crippen LogP contribution >= 0.6 is 0 Å². The van der Waals surface area contributed by atoms with E-state index in [0.29, 0.717) is 37.2 Å². The smallest absolute Gasteiger partial charge is 0.311 e. The first-order chi connectivity index (χ1) is 35.0. The van der Waals surface area contributed by atoms with Gasteiger partial charge in [-0.15, -0.1) is 5.10 Å². The largest absolute Gasteiger partial charge is 0.459 e. The molecule has 4 heterocycles. The van der Waals surface area contributed by atoms with Gasteiger partial charge < -0.3 is 63.8 Å². The zero-order valence-corrected chi connectivity index (χ0v) is 47.2. The Morgan fingerprint density at radius 1 is 0.973 bits per heavy atom. The fourth-order valence-corrected chi connectivity index (χ4v) is 12.7. The van der Waals surface area contributed by atoms with Crippen molar-refractivity contribution < 1.29 is 75.9 Å². The number of hydrogen-bond donors (Lipinski definition) is 5. The van der Waals surface area contributed by atoms with E-state index in [1.54, 1.807) is 66.8 Å². The van der Waals surface area contributed by atoms with Crippen LogP contribution in [0.3, 0.4) is 0 Å². The SMILES string of the molecule is CC[C@H]1OC(=O)[C@H](C)[C@@H](O[C@H]2C[C@@](C)(OC)[C@@H](O)[C@H](C)O2)[C@H](C)[C@@H](O[C@@H]2O[C@H](C)C[C@H](N(C)CCc3cn([C@H](CF)Cc4ccc(S(=O)(=O)CCCF)cc4)nn3)[C@H]2O)[C@](C)(O)C[C@@H](C)CN(C)[C@H](C)[C@@H](O)[C@]1(C)O. The maximum atomic E-state index is 14.5. The van der Waals surface area contributed by atoms with Gasteiger partial charge in [0.25, 0.3) is 0 Å². The van der Waals surface area contributed by atoms with Crippen LogP contribution in [0.5, 0.6) is 0 Å². The van der Waals surface area contributed by atoms with Crippen molar-refractivity contribution in [2.75, 3.05) is 53.4 Å². The number of aliphatic hydroxyl groups is 5. The van der Waals surface area contributed by atoms with Crippen LogP contribution in [0.2, 0.25) is 0 Å². The van der Waals surface area contributed by atoms with Crippen molar-refractivity contribution >= 4 is 15.8 Å². The molecule has 2 aromatic rings. The molecule has 0 spiro atoms. The van der Waals surface area contributed by atoms with Crippen molar-refractivity contribution in [2.24, 2.45) is 17.8 Å². The second-order valence-corrected chi connectivity index (χ2v) is 24.7. The number of nitrogens with zero attached hydrogens (tertiary/aromatic N) is 5. The highest BCUT2D eigenvalue weighted by atomic mass is 32.2. The molecular weight excluding hydrogens is 1000 g/mol. The molecule has 0 unspecified atom stereocenters. The minimum atomic E-state index is -3.64. The second kappa shape index (κ2) is 26.4. The van der Waals surface area contributed by atoms with E-state index in [9.17, 15) is 47.5 Å². The Kier molecular flexibility index (Phi) is 22.2. The molecule has 0 amide bonds. The van der Waals surface area contributed by atoms with Crippen molar-refractivity contribution in [3.8, 4) is 0 Å². The first-order valence-electron chi connectivity index (χ1n) is 26.6. The normalized spacial score (nSPS) is 38.7. The number of ether oxygens (including phenoxy) is 6. The van der Waals surface area contributed by atoms with E-state index >= 15 is 0 Å². The number of carbonyl (C=O) groups excluding carboxylic acids is 1. The van der Waals surface area contributed by atoms with Crippen LogP contribution in [0.1, 0.15) is 119 Å². The van der Waals surface area contributed by atoms with E-state index in [2.05, 4.69) is 10.3 Å². The highest BCUT2D eigenvalue weighted by Gasteiger charge is 2.53. The van der Waals surface area contributed by atoms with Gasteiger partial charge in [0.05, 0.1) is 70.6 Å². The average molecular weight is 1090 g/mol. The molecule has 0 saturated carbocycles. The van der Waals surface area contributed by atoms with Gasteiger partial charge in [0.1, 0.15) is 36.7 Å². The predicted octanol–water partition coefficient (Wildman–Crippen LogP) is 3.99. The Hall–Kier alpha value is -2.84. The number of aliphatic hydroxyl groups excluding tert-OH is 3. The topological polar surface area (TPSA) is 245 Å². The van der Waals surface area contributed by atoms with E-state index in [1.165, 1.54) is 30.8 Å². The summed E-state index contributed by atoms with van der Waals surface area (Å²) in [6.45, 7) is 16.5. The molecular formula is C53H89F2N5O14S. The lowest BCUT2D eigenvalue weighted by molar-refractivity contribution is -0.318. The molecule has 22 heteroatoms. The van der Waals surface area contributed by atoms with Gasteiger partial charge in [-0.25, -0.2) is 17.5 Å². The summed E-state index contributed by atoms with van der Waals surface area (Å²) in [6.07, 6.45) is -7.55. The molecule has 430 valence electrons. The van der Waals surface area contributed by atoms with Crippen molar-refractivity contribution in [1.82, 2.24) is 24.8 Å². The number of methoxy groups -OCH3 is 1. The first-order valence-corrected chi connectivity index (χ1v) is 28.3. The summed E-state index contributed by atoms with van der Waals surface area (Å²) in [4.78, 5) is 18.4. The Labute approximate surface area is 443 Å². The number of benzene rings is 1. The number of hydrogen-bond acceptors (Lipinski definition) is 18. The lowest BCUT2D eigenvalue weighted by atomic mass is 9.77. The molecule has 0 bridgehead atoms. The zero-order valence-electron chi connectivity index (χ0n) is 46.4. The third kappa shape index (κ3) is 15.3.